The highest BCUT2D eigenvalue weighted by Crippen LogP contribution is 2.39. The summed E-state index contributed by atoms with van der Waals surface area (Å²) >= 11 is 1.52. The number of benzene rings is 1. The molecular formula is C24H25N5O5S. The summed E-state index contributed by atoms with van der Waals surface area (Å²) < 4.78 is 18.4. The SMILES string of the molecule is COc1cccc(OC)c1-n1c(CCC2CC2)nc(=O)c(-c2nnc(Cc3csc(C)n3)o2)c1O. The minimum absolute atomic E-state index is 0.113. The molecule has 11 heteroatoms. The molecule has 1 saturated carbocycles. The molecule has 3 aromatic heterocycles. The van der Waals surface area contributed by atoms with Gasteiger partial charge in [-0.1, -0.05) is 18.9 Å². The molecule has 5 rings (SSSR count). The van der Waals surface area contributed by atoms with Crippen molar-refractivity contribution < 1.29 is 19.0 Å². The Hall–Kier alpha value is -3.73. The number of aryl methyl sites for hydroxylation is 2. The van der Waals surface area contributed by atoms with Crippen molar-refractivity contribution in [2.45, 2.75) is 39.0 Å². The zero-order chi connectivity index (χ0) is 24.5. The van der Waals surface area contributed by atoms with E-state index in [4.69, 9.17) is 13.9 Å². The predicted molar refractivity (Wildman–Crippen MR) is 129 cm³/mol. The van der Waals surface area contributed by atoms with Gasteiger partial charge in [0.15, 0.2) is 5.56 Å². The maximum absolute atomic E-state index is 13.1. The fourth-order valence-electron chi connectivity index (χ4n) is 4.00. The molecule has 182 valence electrons. The Labute approximate surface area is 205 Å². The fraction of sp³-hybridized carbons (Fsp3) is 0.375. The van der Waals surface area contributed by atoms with Crippen LogP contribution in [-0.4, -0.2) is 44.1 Å². The molecule has 3 heterocycles. The molecule has 0 spiro atoms. The van der Waals surface area contributed by atoms with E-state index >= 15 is 0 Å². The van der Waals surface area contributed by atoms with E-state index in [1.807, 2.05) is 12.3 Å². The minimum atomic E-state index is -0.641. The quantitative estimate of drug-likeness (QED) is 0.370. The lowest BCUT2D eigenvalue weighted by molar-refractivity contribution is 0.379. The molecule has 0 atom stereocenters. The van der Waals surface area contributed by atoms with Crippen LogP contribution in [0.5, 0.6) is 17.4 Å². The Bertz CT molecular complexity index is 1400. The van der Waals surface area contributed by atoms with Crippen LogP contribution in [0.2, 0.25) is 0 Å². The summed E-state index contributed by atoms with van der Waals surface area (Å²) in [5.74, 6) is 1.72. The number of aromatic hydroxyl groups is 1. The monoisotopic (exact) mass is 495 g/mol. The summed E-state index contributed by atoms with van der Waals surface area (Å²) in [6.07, 6.45) is 4.01. The van der Waals surface area contributed by atoms with Gasteiger partial charge in [0.05, 0.1) is 31.3 Å². The third-order valence-corrected chi connectivity index (χ3v) is 6.74. The van der Waals surface area contributed by atoms with E-state index in [9.17, 15) is 9.90 Å². The van der Waals surface area contributed by atoms with E-state index in [0.717, 1.165) is 30.0 Å². The van der Waals surface area contributed by atoms with Crippen molar-refractivity contribution >= 4 is 11.3 Å². The van der Waals surface area contributed by atoms with Crippen LogP contribution >= 0.6 is 11.3 Å². The molecule has 1 aromatic carbocycles. The summed E-state index contributed by atoms with van der Waals surface area (Å²) in [5.41, 5.74) is 0.406. The predicted octanol–water partition coefficient (Wildman–Crippen LogP) is 3.70. The van der Waals surface area contributed by atoms with Crippen LogP contribution in [0.1, 0.15) is 41.7 Å². The maximum Gasteiger partial charge on any atom is 0.289 e. The van der Waals surface area contributed by atoms with Crippen LogP contribution in [0.25, 0.3) is 17.1 Å². The number of hydrogen-bond donors (Lipinski definition) is 1. The average Bonchev–Trinajstić information content (AvgIpc) is 3.43. The van der Waals surface area contributed by atoms with Crippen molar-refractivity contribution in [2.75, 3.05) is 14.2 Å². The van der Waals surface area contributed by atoms with E-state index in [2.05, 4.69) is 20.2 Å². The Morgan fingerprint density at radius 3 is 2.54 bits per heavy atom. The second kappa shape index (κ2) is 9.49. The Balaban J connectivity index is 1.63. The Morgan fingerprint density at radius 2 is 1.91 bits per heavy atom. The molecule has 10 nitrogen and oxygen atoms in total. The first kappa shape index (κ1) is 23.0. The number of aromatic nitrogens is 5. The molecule has 4 aromatic rings. The lowest BCUT2D eigenvalue weighted by atomic mass is 10.1. The second-order valence-corrected chi connectivity index (χ2v) is 9.46. The molecule has 0 bridgehead atoms. The third kappa shape index (κ3) is 4.63. The van der Waals surface area contributed by atoms with E-state index in [0.29, 0.717) is 41.8 Å². The van der Waals surface area contributed by atoms with Gasteiger partial charge in [0.25, 0.3) is 11.4 Å². The molecule has 0 aliphatic heterocycles. The second-order valence-electron chi connectivity index (χ2n) is 8.40. The van der Waals surface area contributed by atoms with Gasteiger partial charge >= 0.3 is 0 Å². The standard InChI is InChI=1S/C24H25N5O5S/c1-13-25-15(12-35-13)11-19-27-28-23(34-19)20-22(30)26-18(10-9-14-7-8-14)29(24(20)31)21-16(32-2)5-4-6-17(21)33-3/h4-6,12,14,31H,7-11H2,1-3H3. The zero-order valence-corrected chi connectivity index (χ0v) is 20.5. The number of methoxy groups -OCH3 is 2. The van der Waals surface area contributed by atoms with Gasteiger partial charge in [-0.2, -0.15) is 4.98 Å². The van der Waals surface area contributed by atoms with Gasteiger partial charge in [-0.15, -0.1) is 21.5 Å². The van der Waals surface area contributed by atoms with Crippen LogP contribution in [0.4, 0.5) is 0 Å². The largest absolute Gasteiger partial charge is 0.494 e. The van der Waals surface area contributed by atoms with Gasteiger partial charge in [-0.3, -0.25) is 9.36 Å². The van der Waals surface area contributed by atoms with Gasteiger partial charge < -0.3 is 19.0 Å². The van der Waals surface area contributed by atoms with Gasteiger partial charge in [0, 0.05) is 11.8 Å². The van der Waals surface area contributed by atoms with E-state index in [1.165, 1.54) is 30.1 Å². The average molecular weight is 496 g/mol. The number of ether oxygens (including phenoxy) is 2. The van der Waals surface area contributed by atoms with Crippen molar-refractivity contribution in [1.29, 1.82) is 0 Å². The summed E-state index contributed by atoms with van der Waals surface area (Å²) in [6, 6.07) is 5.28. The van der Waals surface area contributed by atoms with Gasteiger partial charge in [-0.25, -0.2) is 4.98 Å². The number of hydrogen-bond acceptors (Lipinski definition) is 10. The summed E-state index contributed by atoms with van der Waals surface area (Å²) in [7, 11) is 3.06. The van der Waals surface area contributed by atoms with Crippen LogP contribution in [-0.2, 0) is 12.8 Å². The first-order chi connectivity index (χ1) is 17.0. The summed E-state index contributed by atoms with van der Waals surface area (Å²) in [4.78, 5) is 21.8. The zero-order valence-electron chi connectivity index (χ0n) is 19.6. The molecular weight excluding hydrogens is 470 g/mol. The van der Waals surface area contributed by atoms with Crippen molar-refractivity contribution in [1.82, 2.24) is 24.7 Å². The van der Waals surface area contributed by atoms with Crippen molar-refractivity contribution in [3.63, 3.8) is 0 Å². The molecule has 1 aliphatic rings. The van der Waals surface area contributed by atoms with Crippen LogP contribution in [0.3, 0.4) is 0 Å². The highest BCUT2D eigenvalue weighted by Gasteiger charge is 2.28. The normalized spacial score (nSPS) is 13.2. The number of nitrogens with zero attached hydrogens (tertiary/aromatic N) is 5. The highest BCUT2D eigenvalue weighted by atomic mass is 32.1. The Morgan fingerprint density at radius 1 is 1.17 bits per heavy atom. The van der Waals surface area contributed by atoms with Crippen LogP contribution < -0.4 is 15.0 Å². The molecule has 1 fully saturated rings. The molecule has 0 radical (unpaired) electrons. The molecule has 35 heavy (non-hydrogen) atoms. The third-order valence-electron chi connectivity index (χ3n) is 5.92. The summed E-state index contributed by atoms with van der Waals surface area (Å²) in [6.45, 7) is 1.91. The molecule has 0 saturated heterocycles. The first-order valence-electron chi connectivity index (χ1n) is 11.3. The number of thiazole rings is 1. The molecule has 0 unspecified atom stereocenters. The molecule has 0 amide bonds. The number of para-hydroxylation sites is 1. The van der Waals surface area contributed by atoms with E-state index in [1.54, 1.807) is 18.2 Å². The van der Waals surface area contributed by atoms with Gasteiger partial charge in [0.1, 0.15) is 23.0 Å². The van der Waals surface area contributed by atoms with Crippen molar-refractivity contribution in [2.24, 2.45) is 5.92 Å². The molecule has 1 N–H and O–H groups in total. The lowest BCUT2D eigenvalue weighted by Gasteiger charge is -2.20. The number of rotatable bonds is 9. The molecule has 1 aliphatic carbocycles. The van der Waals surface area contributed by atoms with Crippen LogP contribution in [0, 0.1) is 12.8 Å². The lowest BCUT2D eigenvalue weighted by Crippen LogP contribution is -2.20. The van der Waals surface area contributed by atoms with E-state index < -0.39 is 5.56 Å². The fourth-order valence-corrected chi connectivity index (χ4v) is 4.62. The maximum atomic E-state index is 13.1. The van der Waals surface area contributed by atoms with Gasteiger partial charge in [0.2, 0.25) is 11.8 Å². The smallest absolute Gasteiger partial charge is 0.289 e. The first-order valence-corrected chi connectivity index (χ1v) is 12.2. The summed E-state index contributed by atoms with van der Waals surface area (Å²) in [5, 5.41) is 22.4. The van der Waals surface area contributed by atoms with Crippen molar-refractivity contribution in [3.05, 3.63) is 56.3 Å². The van der Waals surface area contributed by atoms with E-state index in [-0.39, 0.29) is 23.2 Å². The Kier molecular flexibility index (Phi) is 6.25. The minimum Gasteiger partial charge on any atom is -0.494 e. The van der Waals surface area contributed by atoms with Crippen LogP contribution in [0.15, 0.2) is 32.8 Å². The topological polar surface area (TPSA) is 125 Å². The van der Waals surface area contributed by atoms with Crippen molar-refractivity contribution in [3.8, 4) is 34.5 Å². The highest BCUT2D eigenvalue weighted by molar-refractivity contribution is 7.09. The van der Waals surface area contributed by atoms with Gasteiger partial charge in [-0.05, 0) is 31.4 Å².